The quantitative estimate of drug-likeness (QED) is 0.798. The molecule has 1 aliphatic heterocycles. The predicted molar refractivity (Wildman–Crippen MR) is 90.2 cm³/mol. The van der Waals surface area contributed by atoms with Crippen LogP contribution in [0.5, 0.6) is 0 Å². The van der Waals surface area contributed by atoms with Gasteiger partial charge in [-0.15, -0.1) is 0 Å². The van der Waals surface area contributed by atoms with E-state index in [-0.39, 0.29) is 11.6 Å². The number of carbonyl (C=O) groups excluding carboxylic acids is 1. The average molecular weight is 323 g/mol. The van der Waals surface area contributed by atoms with Crippen LogP contribution in [0.2, 0.25) is 0 Å². The molecule has 0 atom stereocenters. The Hall–Kier alpha value is -2.96. The van der Waals surface area contributed by atoms with Crippen LogP contribution in [-0.2, 0) is 0 Å². The van der Waals surface area contributed by atoms with Crippen molar-refractivity contribution in [3.63, 3.8) is 0 Å². The molecule has 0 saturated carbocycles. The van der Waals surface area contributed by atoms with Gasteiger partial charge in [-0.25, -0.2) is 15.0 Å². The second-order valence-corrected chi connectivity index (χ2v) is 5.82. The fourth-order valence-corrected chi connectivity index (χ4v) is 2.86. The minimum Gasteiger partial charge on any atom is -0.441 e. The minimum atomic E-state index is -0.300. The summed E-state index contributed by atoms with van der Waals surface area (Å²) >= 11 is 0. The number of hydrogen-bond acceptors (Lipinski definition) is 6. The van der Waals surface area contributed by atoms with Gasteiger partial charge in [0.2, 0.25) is 0 Å². The van der Waals surface area contributed by atoms with Crippen LogP contribution in [0, 0.1) is 6.92 Å². The maximum Gasteiger partial charge on any atom is 0.275 e. The molecule has 4 rings (SSSR count). The summed E-state index contributed by atoms with van der Waals surface area (Å²) < 4.78 is 5.47. The third kappa shape index (κ3) is 2.80. The molecule has 1 amide bonds. The number of hydrogen-bond donors (Lipinski definition) is 1. The lowest BCUT2D eigenvalue weighted by molar-refractivity contribution is 0.102. The summed E-state index contributed by atoms with van der Waals surface area (Å²) in [7, 11) is 0. The van der Waals surface area contributed by atoms with Gasteiger partial charge >= 0.3 is 0 Å². The Balaban J connectivity index is 1.50. The Morgan fingerprint density at radius 1 is 1.21 bits per heavy atom. The van der Waals surface area contributed by atoms with Crippen molar-refractivity contribution in [2.45, 2.75) is 19.8 Å². The van der Waals surface area contributed by atoms with E-state index in [2.05, 4.69) is 25.2 Å². The SMILES string of the molecule is Cc1nc2ccc(NC(=O)c3cnc(N4CCCC4)cn3)cc2o1. The summed E-state index contributed by atoms with van der Waals surface area (Å²) in [6.45, 7) is 3.78. The van der Waals surface area contributed by atoms with Crippen molar-refractivity contribution in [2.75, 3.05) is 23.3 Å². The van der Waals surface area contributed by atoms with Crippen molar-refractivity contribution >= 4 is 28.5 Å². The van der Waals surface area contributed by atoms with Gasteiger partial charge in [0.1, 0.15) is 17.0 Å². The molecule has 1 aliphatic rings. The number of nitrogens with one attached hydrogen (secondary N) is 1. The molecule has 3 aromatic rings. The number of rotatable bonds is 3. The van der Waals surface area contributed by atoms with Crippen molar-refractivity contribution in [3.8, 4) is 0 Å². The number of fused-ring (bicyclic) bond motifs is 1. The Morgan fingerprint density at radius 3 is 2.79 bits per heavy atom. The summed E-state index contributed by atoms with van der Waals surface area (Å²) in [5.74, 6) is 1.12. The number of benzene rings is 1. The predicted octanol–water partition coefficient (Wildman–Crippen LogP) is 2.78. The van der Waals surface area contributed by atoms with Crippen LogP contribution in [0.15, 0.2) is 35.0 Å². The summed E-state index contributed by atoms with van der Waals surface area (Å²) in [5, 5.41) is 2.81. The van der Waals surface area contributed by atoms with Crippen molar-refractivity contribution in [3.05, 3.63) is 42.2 Å². The van der Waals surface area contributed by atoms with Crippen LogP contribution in [0.1, 0.15) is 29.2 Å². The van der Waals surface area contributed by atoms with E-state index in [1.54, 1.807) is 25.3 Å². The first kappa shape index (κ1) is 14.6. The molecule has 0 unspecified atom stereocenters. The van der Waals surface area contributed by atoms with E-state index >= 15 is 0 Å². The standard InChI is InChI=1S/C17H17N5O2/c1-11-20-13-5-4-12(8-15(13)24-11)21-17(23)14-9-19-16(10-18-14)22-6-2-3-7-22/h4-5,8-10H,2-3,6-7H2,1H3,(H,21,23). The highest BCUT2D eigenvalue weighted by Gasteiger charge is 2.15. The molecule has 1 fully saturated rings. The fraction of sp³-hybridized carbons (Fsp3) is 0.294. The van der Waals surface area contributed by atoms with E-state index in [1.165, 1.54) is 19.0 Å². The summed E-state index contributed by atoms with van der Waals surface area (Å²) in [6, 6.07) is 5.34. The van der Waals surface area contributed by atoms with E-state index in [1.807, 2.05) is 6.07 Å². The molecule has 0 radical (unpaired) electrons. The number of anilines is 2. The zero-order chi connectivity index (χ0) is 16.5. The van der Waals surface area contributed by atoms with Crippen LogP contribution in [-0.4, -0.2) is 33.9 Å². The lowest BCUT2D eigenvalue weighted by Crippen LogP contribution is -2.20. The van der Waals surface area contributed by atoms with Gasteiger partial charge in [0.15, 0.2) is 11.5 Å². The second kappa shape index (κ2) is 5.92. The molecule has 1 aromatic carbocycles. The van der Waals surface area contributed by atoms with Crippen molar-refractivity contribution in [1.82, 2.24) is 15.0 Å². The zero-order valence-electron chi connectivity index (χ0n) is 13.3. The number of oxazole rings is 1. The fourth-order valence-electron chi connectivity index (χ4n) is 2.86. The first-order valence-electron chi connectivity index (χ1n) is 7.94. The van der Waals surface area contributed by atoms with Crippen LogP contribution in [0.25, 0.3) is 11.1 Å². The zero-order valence-corrected chi connectivity index (χ0v) is 13.3. The molecule has 1 N–H and O–H groups in total. The first-order valence-corrected chi connectivity index (χ1v) is 7.94. The molecular weight excluding hydrogens is 306 g/mol. The summed E-state index contributed by atoms with van der Waals surface area (Å²) in [4.78, 5) is 27.3. The molecular formula is C17H17N5O2. The van der Waals surface area contributed by atoms with Gasteiger partial charge in [-0.3, -0.25) is 4.79 Å². The second-order valence-electron chi connectivity index (χ2n) is 5.82. The van der Waals surface area contributed by atoms with Gasteiger partial charge in [-0.05, 0) is 25.0 Å². The molecule has 122 valence electrons. The molecule has 2 aromatic heterocycles. The molecule has 0 bridgehead atoms. The maximum atomic E-state index is 12.3. The average Bonchev–Trinajstić information content (AvgIpc) is 3.23. The molecule has 7 nitrogen and oxygen atoms in total. The van der Waals surface area contributed by atoms with Crippen LogP contribution in [0.3, 0.4) is 0 Å². The molecule has 7 heteroatoms. The number of carbonyl (C=O) groups is 1. The van der Waals surface area contributed by atoms with Gasteiger partial charge in [-0.2, -0.15) is 0 Å². The summed E-state index contributed by atoms with van der Waals surface area (Å²) in [5.41, 5.74) is 2.32. The third-order valence-corrected chi connectivity index (χ3v) is 4.05. The Morgan fingerprint density at radius 2 is 2.04 bits per heavy atom. The molecule has 0 aliphatic carbocycles. The topological polar surface area (TPSA) is 84.2 Å². The third-order valence-electron chi connectivity index (χ3n) is 4.05. The van der Waals surface area contributed by atoms with Gasteiger partial charge in [-0.1, -0.05) is 0 Å². The van der Waals surface area contributed by atoms with E-state index in [0.717, 1.165) is 24.4 Å². The number of nitrogens with zero attached hydrogens (tertiary/aromatic N) is 4. The van der Waals surface area contributed by atoms with E-state index < -0.39 is 0 Å². The largest absolute Gasteiger partial charge is 0.441 e. The minimum absolute atomic E-state index is 0.284. The Labute approximate surface area is 138 Å². The molecule has 24 heavy (non-hydrogen) atoms. The normalized spacial score (nSPS) is 14.3. The molecule has 0 spiro atoms. The molecule has 1 saturated heterocycles. The Bertz CT molecular complexity index is 882. The highest BCUT2D eigenvalue weighted by molar-refractivity contribution is 6.03. The Kier molecular flexibility index (Phi) is 3.60. The van der Waals surface area contributed by atoms with Gasteiger partial charge in [0.05, 0.1) is 12.4 Å². The highest BCUT2D eigenvalue weighted by Crippen LogP contribution is 2.20. The number of aromatic nitrogens is 3. The first-order chi connectivity index (χ1) is 11.7. The maximum absolute atomic E-state index is 12.3. The lowest BCUT2D eigenvalue weighted by Gasteiger charge is -2.15. The van der Waals surface area contributed by atoms with Gasteiger partial charge < -0.3 is 14.6 Å². The van der Waals surface area contributed by atoms with Crippen molar-refractivity contribution in [2.24, 2.45) is 0 Å². The number of aryl methyl sites for hydroxylation is 1. The van der Waals surface area contributed by atoms with Gasteiger partial charge in [0, 0.05) is 31.8 Å². The van der Waals surface area contributed by atoms with E-state index in [9.17, 15) is 4.79 Å². The monoisotopic (exact) mass is 323 g/mol. The smallest absolute Gasteiger partial charge is 0.275 e. The van der Waals surface area contributed by atoms with Gasteiger partial charge in [0.25, 0.3) is 5.91 Å². The molecule has 3 heterocycles. The van der Waals surface area contributed by atoms with Crippen LogP contribution < -0.4 is 10.2 Å². The van der Waals surface area contributed by atoms with Crippen molar-refractivity contribution < 1.29 is 9.21 Å². The van der Waals surface area contributed by atoms with E-state index in [0.29, 0.717) is 17.2 Å². The van der Waals surface area contributed by atoms with E-state index in [4.69, 9.17) is 4.42 Å². The van der Waals surface area contributed by atoms with Crippen LogP contribution >= 0.6 is 0 Å². The highest BCUT2D eigenvalue weighted by atomic mass is 16.3. The van der Waals surface area contributed by atoms with Crippen molar-refractivity contribution in [1.29, 1.82) is 0 Å². The summed E-state index contributed by atoms with van der Waals surface area (Å²) in [6.07, 6.45) is 5.52. The number of amides is 1. The van der Waals surface area contributed by atoms with Crippen LogP contribution in [0.4, 0.5) is 11.5 Å². The lowest BCUT2D eigenvalue weighted by atomic mass is 10.3.